The molecule has 0 unspecified atom stereocenters. The zero-order chi connectivity index (χ0) is 24.1. The van der Waals surface area contributed by atoms with E-state index in [4.69, 9.17) is 4.74 Å². The van der Waals surface area contributed by atoms with Crippen LogP contribution in [0.5, 0.6) is 11.6 Å². The Morgan fingerprint density at radius 2 is 1.79 bits per heavy atom. The summed E-state index contributed by atoms with van der Waals surface area (Å²) in [6, 6.07) is 13.2. The van der Waals surface area contributed by atoms with Gasteiger partial charge in [0.2, 0.25) is 11.7 Å². The van der Waals surface area contributed by atoms with Gasteiger partial charge >= 0.3 is 0 Å². The lowest BCUT2D eigenvalue weighted by molar-refractivity contribution is 0.401. The maximum absolute atomic E-state index is 14.8. The number of rotatable bonds is 8. The standard InChI is InChI=1S/C23H16BrF3N4OS2/c1-33-23-29-10-8-17(30-23)15-3-2-9-28-22(15)32-18-11-16(25)21(20(27)19(18)26)31-34-12-13-4-6-14(24)7-5-13/h2-11,31H,12H2,1H3. The first-order valence-electron chi connectivity index (χ1n) is 9.76. The van der Waals surface area contributed by atoms with Gasteiger partial charge in [-0.1, -0.05) is 39.8 Å². The molecule has 0 aliphatic heterocycles. The molecule has 2 aromatic heterocycles. The number of thioether (sulfide) groups is 1. The van der Waals surface area contributed by atoms with Crippen molar-refractivity contribution in [2.75, 3.05) is 11.0 Å². The van der Waals surface area contributed by atoms with Gasteiger partial charge in [-0.25, -0.2) is 23.7 Å². The minimum absolute atomic E-state index is 0.0451. The zero-order valence-corrected chi connectivity index (χ0v) is 20.8. The van der Waals surface area contributed by atoms with E-state index >= 15 is 0 Å². The van der Waals surface area contributed by atoms with E-state index in [2.05, 4.69) is 35.6 Å². The second-order valence-corrected chi connectivity index (χ2v) is 9.23. The molecule has 4 rings (SSSR count). The van der Waals surface area contributed by atoms with Crippen molar-refractivity contribution < 1.29 is 17.9 Å². The van der Waals surface area contributed by atoms with Gasteiger partial charge in [-0.15, -0.1) is 0 Å². The predicted octanol–water partition coefficient (Wildman–Crippen LogP) is 7.49. The summed E-state index contributed by atoms with van der Waals surface area (Å²) in [7, 11) is 0. The predicted molar refractivity (Wildman–Crippen MR) is 132 cm³/mol. The monoisotopic (exact) mass is 564 g/mol. The van der Waals surface area contributed by atoms with Crippen LogP contribution < -0.4 is 9.46 Å². The smallest absolute Gasteiger partial charge is 0.228 e. The first-order valence-corrected chi connectivity index (χ1v) is 12.8. The molecule has 5 nitrogen and oxygen atoms in total. The van der Waals surface area contributed by atoms with Crippen LogP contribution in [0, 0.1) is 17.5 Å². The van der Waals surface area contributed by atoms with Crippen molar-refractivity contribution in [2.24, 2.45) is 0 Å². The Labute approximate surface area is 210 Å². The van der Waals surface area contributed by atoms with Crippen LogP contribution in [-0.2, 0) is 5.75 Å². The molecular weight excluding hydrogens is 549 g/mol. The molecule has 0 saturated carbocycles. The fourth-order valence-electron chi connectivity index (χ4n) is 2.87. The molecule has 11 heteroatoms. The molecule has 4 aromatic rings. The van der Waals surface area contributed by atoms with Gasteiger partial charge in [-0.2, -0.15) is 4.39 Å². The highest BCUT2D eigenvalue weighted by atomic mass is 79.9. The van der Waals surface area contributed by atoms with Crippen LogP contribution in [0.3, 0.4) is 0 Å². The first kappa shape index (κ1) is 24.4. The van der Waals surface area contributed by atoms with Gasteiger partial charge in [0, 0.05) is 28.7 Å². The third kappa shape index (κ3) is 5.65. The summed E-state index contributed by atoms with van der Waals surface area (Å²) in [5.74, 6) is -3.98. The Kier molecular flexibility index (Phi) is 7.96. The molecule has 0 radical (unpaired) electrons. The summed E-state index contributed by atoms with van der Waals surface area (Å²) in [5, 5.41) is 0.520. The summed E-state index contributed by atoms with van der Waals surface area (Å²) in [5.41, 5.74) is 1.24. The second kappa shape index (κ2) is 11.1. The largest absolute Gasteiger partial charge is 0.435 e. The Balaban J connectivity index is 1.55. The van der Waals surface area contributed by atoms with Crippen LogP contribution in [0.25, 0.3) is 11.3 Å². The van der Waals surface area contributed by atoms with Crippen molar-refractivity contribution in [3.05, 3.63) is 88.4 Å². The average molecular weight is 565 g/mol. The van der Waals surface area contributed by atoms with Gasteiger partial charge in [0.1, 0.15) is 5.69 Å². The van der Waals surface area contributed by atoms with Crippen molar-refractivity contribution in [2.45, 2.75) is 10.9 Å². The number of halogens is 4. The zero-order valence-electron chi connectivity index (χ0n) is 17.6. The molecular formula is C23H16BrF3N4OS2. The number of benzene rings is 2. The maximum atomic E-state index is 14.8. The molecule has 0 amide bonds. The summed E-state index contributed by atoms with van der Waals surface area (Å²) < 4.78 is 53.2. The molecule has 0 bridgehead atoms. The van der Waals surface area contributed by atoms with E-state index in [1.165, 1.54) is 18.0 Å². The normalized spacial score (nSPS) is 10.9. The van der Waals surface area contributed by atoms with Crippen molar-refractivity contribution in [1.82, 2.24) is 15.0 Å². The van der Waals surface area contributed by atoms with Gasteiger partial charge in [0.15, 0.2) is 22.5 Å². The fraction of sp³-hybridized carbons (Fsp3) is 0.0870. The molecule has 0 saturated heterocycles. The molecule has 2 heterocycles. The summed E-state index contributed by atoms with van der Waals surface area (Å²) in [4.78, 5) is 12.6. The first-order chi connectivity index (χ1) is 16.5. The Morgan fingerprint density at radius 1 is 1.00 bits per heavy atom. The van der Waals surface area contributed by atoms with Crippen LogP contribution in [0.2, 0.25) is 0 Å². The third-order valence-electron chi connectivity index (χ3n) is 4.52. The van der Waals surface area contributed by atoms with E-state index in [-0.39, 0.29) is 5.88 Å². The molecule has 0 aliphatic rings. The SMILES string of the molecule is CSc1nccc(-c2cccnc2Oc2cc(F)c(NSCc3ccc(Br)cc3)c(F)c2F)n1. The number of anilines is 1. The Morgan fingerprint density at radius 3 is 2.56 bits per heavy atom. The van der Waals surface area contributed by atoms with Crippen molar-refractivity contribution in [1.29, 1.82) is 0 Å². The molecule has 1 N–H and O–H groups in total. The second-order valence-electron chi connectivity index (χ2n) is 6.76. The van der Waals surface area contributed by atoms with Crippen LogP contribution >= 0.6 is 39.6 Å². The summed E-state index contributed by atoms with van der Waals surface area (Å²) in [6.07, 6.45) is 4.82. The topological polar surface area (TPSA) is 59.9 Å². The van der Waals surface area contributed by atoms with E-state index in [0.717, 1.165) is 28.1 Å². The van der Waals surface area contributed by atoms with E-state index in [9.17, 15) is 13.2 Å². The lowest BCUT2D eigenvalue weighted by Crippen LogP contribution is -2.03. The van der Waals surface area contributed by atoms with Crippen LogP contribution in [0.4, 0.5) is 18.9 Å². The highest BCUT2D eigenvalue weighted by Crippen LogP contribution is 2.36. The lowest BCUT2D eigenvalue weighted by Gasteiger charge is -2.13. The Hall–Kier alpha value is -2.76. The lowest BCUT2D eigenvalue weighted by atomic mass is 10.2. The van der Waals surface area contributed by atoms with Crippen LogP contribution in [-0.4, -0.2) is 21.2 Å². The quantitative estimate of drug-likeness (QED) is 0.103. The van der Waals surface area contributed by atoms with Crippen LogP contribution in [0.1, 0.15) is 5.56 Å². The molecule has 0 atom stereocenters. The summed E-state index contributed by atoms with van der Waals surface area (Å²) in [6.45, 7) is 0. The van der Waals surface area contributed by atoms with Gasteiger partial charge in [-0.05, 0) is 54.1 Å². The number of aromatic nitrogens is 3. The number of hydrogen-bond donors (Lipinski definition) is 1. The number of hydrogen-bond acceptors (Lipinski definition) is 7. The third-order valence-corrected chi connectivity index (χ3v) is 6.44. The Bertz CT molecular complexity index is 1310. The van der Waals surface area contributed by atoms with Gasteiger partial charge in [0.25, 0.3) is 0 Å². The number of nitrogens with zero attached hydrogens (tertiary/aromatic N) is 3. The van der Waals surface area contributed by atoms with Crippen molar-refractivity contribution >= 4 is 45.3 Å². The van der Waals surface area contributed by atoms with Crippen molar-refractivity contribution in [3.63, 3.8) is 0 Å². The minimum Gasteiger partial charge on any atom is -0.435 e. The fourth-order valence-corrected chi connectivity index (χ4v) is 4.26. The van der Waals surface area contributed by atoms with Gasteiger partial charge in [0.05, 0.1) is 11.3 Å². The maximum Gasteiger partial charge on any atom is 0.228 e. The minimum atomic E-state index is -1.39. The number of nitrogens with one attached hydrogen (secondary N) is 1. The highest BCUT2D eigenvalue weighted by Gasteiger charge is 2.22. The molecule has 0 fully saturated rings. The molecule has 2 aromatic carbocycles. The average Bonchev–Trinajstić information content (AvgIpc) is 2.86. The van der Waals surface area contributed by atoms with E-state index < -0.39 is 28.9 Å². The van der Waals surface area contributed by atoms with E-state index in [1.54, 1.807) is 24.4 Å². The van der Waals surface area contributed by atoms with E-state index in [1.807, 2.05) is 30.5 Å². The van der Waals surface area contributed by atoms with Crippen LogP contribution in [0.15, 0.2) is 70.6 Å². The molecule has 0 spiro atoms. The van der Waals surface area contributed by atoms with Crippen molar-refractivity contribution in [3.8, 4) is 22.9 Å². The molecule has 34 heavy (non-hydrogen) atoms. The van der Waals surface area contributed by atoms with Gasteiger partial charge in [-0.3, -0.25) is 0 Å². The molecule has 174 valence electrons. The number of pyridine rings is 1. The van der Waals surface area contributed by atoms with Gasteiger partial charge < -0.3 is 9.46 Å². The van der Waals surface area contributed by atoms with E-state index in [0.29, 0.717) is 22.2 Å². The molecule has 0 aliphatic carbocycles. The summed E-state index contributed by atoms with van der Waals surface area (Å²) >= 11 is 5.73. The number of ether oxygens (including phenoxy) is 1. The highest BCUT2D eigenvalue weighted by molar-refractivity contribution is 9.10.